The minimum atomic E-state index is -0.309. The van der Waals surface area contributed by atoms with Crippen molar-refractivity contribution in [2.45, 2.75) is 6.61 Å². The number of hydrogen-bond donors (Lipinski definition) is 0. The lowest BCUT2D eigenvalue weighted by atomic mass is 10.2. The van der Waals surface area contributed by atoms with Crippen molar-refractivity contribution in [2.75, 3.05) is 0 Å². The molecule has 0 spiro atoms. The molecule has 0 N–H and O–H groups in total. The van der Waals surface area contributed by atoms with Gasteiger partial charge in [0.1, 0.15) is 12.4 Å². The molecule has 0 unspecified atom stereocenters. The Morgan fingerprint density at radius 2 is 2.13 bits per heavy atom. The van der Waals surface area contributed by atoms with Crippen molar-refractivity contribution in [3.63, 3.8) is 0 Å². The first-order chi connectivity index (χ1) is 7.27. The van der Waals surface area contributed by atoms with Crippen molar-refractivity contribution >= 4 is 23.3 Å². The van der Waals surface area contributed by atoms with E-state index in [1.807, 2.05) is 0 Å². The Balaban J connectivity index is 2.06. The van der Waals surface area contributed by atoms with Crippen molar-refractivity contribution in [3.8, 4) is 5.88 Å². The molecule has 0 aliphatic rings. The van der Waals surface area contributed by atoms with Crippen LogP contribution < -0.4 is 4.74 Å². The summed E-state index contributed by atoms with van der Waals surface area (Å²) in [5.74, 6) is -0.0678. The maximum Gasteiger partial charge on any atom is 0.265 e. The summed E-state index contributed by atoms with van der Waals surface area (Å²) in [5, 5.41) is 0.205. The number of benzene rings is 1. The molecule has 3 nitrogen and oxygen atoms in total. The van der Waals surface area contributed by atoms with Crippen LogP contribution in [0.15, 0.2) is 24.3 Å². The highest BCUT2D eigenvalue weighted by atomic mass is 35.5. The second kappa shape index (κ2) is 4.55. The fourth-order valence-electron chi connectivity index (χ4n) is 1.02. The van der Waals surface area contributed by atoms with Crippen LogP contribution >= 0.6 is 23.3 Å². The number of aromatic nitrogens is 2. The van der Waals surface area contributed by atoms with E-state index in [9.17, 15) is 4.39 Å². The number of rotatable bonds is 3. The van der Waals surface area contributed by atoms with Gasteiger partial charge in [-0.3, -0.25) is 0 Å². The molecule has 15 heavy (non-hydrogen) atoms. The molecule has 1 aromatic heterocycles. The van der Waals surface area contributed by atoms with E-state index in [-0.39, 0.29) is 23.5 Å². The average Bonchev–Trinajstić information content (AvgIpc) is 2.63. The first kappa shape index (κ1) is 10.3. The van der Waals surface area contributed by atoms with Gasteiger partial charge in [-0.25, -0.2) is 4.39 Å². The Morgan fingerprint density at radius 3 is 2.80 bits per heavy atom. The lowest BCUT2D eigenvalue weighted by molar-refractivity contribution is 0.291. The predicted molar refractivity (Wildman–Crippen MR) is 55.7 cm³/mol. The van der Waals surface area contributed by atoms with Gasteiger partial charge in [0.2, 0.25) is 5.15 Å². The molecular weight excluding hydrogens is 239 g/mol. The first-order valence-electron chi connectivity index (χ1n) is 4.11. The van der Waals surface area contributed by atoms with Crippen LogP contribution in [0.5, 0.6) is 5.88 Å². The van der Waals surface area contributed by atoms with Crippen LogP contribution in [-0.4, -0.2) is 8.75 Å². The van der Waals surface area contributed by atoms with Gasteiger partial charge in [0.05, 0.1) is 11.7 Å². The van der Waals surface area contributed by atoms with Crippen LogP contribution in [0.3, 0.4) is 0 Å². The molecule has 0 saturated heterocycles. The van der Waals surface area contributed by atoms with Gasteiger partial charge in [0, 0.05) is 5.56 Å². The Hall–Kier alpha value is -1.20. The molecule has 78 valence electrons. The minimum Gasteiger partial charge on any atom is -0.470 e. The lowest BCUT2D eigenvalue weighted by Crippen LogP contribution is -1.98. The van der Waals surface area contributed by atoms with Crippen LogP contribution in [0.1, 0.15) is 5.56 Å². The van der Waals surface area contributed by atoms with Crippen LogP contribution in [-0.2, 0) is 6.61 Å². The smallest absolute Gasteiger partial charge is 0.265 e. The van der Waals surface area contributed by atoms with Crippen molar-refractivity contribution in [1.29, 1.82) is 0 Å². The maximum absolute atomic E-state index is 13.2. The van der Waals surface area contributed by atoms with Gasteiger partial charge in [-0.2, -0.15) is 4.37 Å². The van der Waals surface area contributed by atoms with E-state index in [0.717, 1.165) is 11.7 Å². The van der Waals surface area contributed by atoms with Crippen molar-refractivity contribution in [2.24, 2.45) is 0 Å². The van der Waals surface area contributed by atoms with E-state index >= 15 is 0 Å². The highest BCUT2D eigenvalue weighted by molar-refractivity contribution is 6.99. The number of hydrogen-bond acceptors (Lipinski definition) is 4. The van der Waals surface area contributed by atoms with E-state index in [4.69, 9.17) is 16.3 Å². The van der Waals surface area contributed by atoms with Gasteiger partial charge in [0.25, 0.3) is 5.88 Å². The first-order valence-corrected chi connectivity index (χ1v) is 5.22. The van der Waals surface area contributed by atoms with E-state index in [1.165, 1.54) is 6.07 Å². The van der Waals surface area contributed by atoms with E-state index in [2.05, 4.69) is 8.75 Å². The van der Waals surface area contributed by atoms with Crippen molar-refractivity contribution in [3.05, 3.63) is 40.8 Å². The summed E-state index contributed by atoms with van der Waals surface area (Å²) in [5.41, 5.74) is 0.460. The molecule has 0 radical (unpaired) electrons. The van der Waals surface area contributed by atoms with Crippen molar-refractivity contribution < 1.29 is 9.13 Å². The molecule has 2 aromatic rings. The highest BCUT2D eigenvalue weighted by Gasteiger charge is 2.07. The topological polar surface area (TPSA) is 35.0 Å². The summed E-state index contributed by atoms with van der Waals surface area (Å²) in [4.78, 5) is 0. The Bertz CT molecular complexity index is 463. The summed E-state index contributed by atoms with van der Waals surface area (Å²) in [6.45, 7) is 0.0950. The molecule has 1 heterocycles. The SMILES string of the molecule is Fc1ccccc1COc1nsnc1Cl. The van der Waals surface area contributed by atoms with Gasteiger partial charge in [-0.05, 0) is 6.07 Å². The standard InChI is InChI=1S/C9H6ClFN2OS/c10-8-9(13-15-12-8)14-5-6-3-1-2-4-7(6)11/h1-4H,5H2. The summed E-state index contributed by atoms with van der Waals surface area (Å²) < 4.78 is 25.9. The van der Waals surface area contributed by atoms with Crippen LogP contribution in [0.2, 0.25) is 5.15 Å². The van der Waals surface area contributed by atoms with E-state index in [0.29, 0.717) is 5.56 Å². The number of halogens is 2. The fraction of sp³-hybridized carbons (Fsp3) is 0.111. The third kappa shape index (κ3) is 2.43. The Labute approximate surface area is 94.8 Å². The van der Waals surface area contributed by atoms with Gasteiger partial charge < -0.3 is 4.74 Å². The van der Waals surface area contributed by atoms with Crippen LogP contribution in [0.25, 0.3) is 0 Å². The minimum absolute atomic E-state index is 0.0950. The molecular formula is C9H6ClFN2OS. The number of ether oxygens (including phenoxy) is 1. The summed E-state index contributed by atoms with van der Waals surface area (Å²) in [7, 11) is 0. The summed E-state index contributed by atoms with van der Waals surface area (Å²) in [6.07, 6.45) is 0. The quantitative estimate of drug-likeness (QED) is 0.833. The lowest BCUT2D eigenvalue weighted by Gasteiger charge is -2.03. The zero-order valence-electron chi connectivity index (χ0n) is 7.48. The zero-order valence-corrected chi connectivity index (χ0v) is 9.06. The molecule has 0 fully saturated rings. The largest absolute Gasteiger partial charge is 0.470 e. The molecule has 6 heteroatoms. The van der Waals surface area contributed by atoms with Crippen molar-refractivity contribution in [1.82, 2.24) is 8.75 Å². The Kier molecular flexibility index (Phi) is 3.13. The third-order valence-corrected chi connectivity index (χ3v) is 2.60. The molecule has 0 amide bonds. The van der Waals surface area contributed by atoms with E-state index in [1.54, 1.807) is 18.2 Å². The zero-order chi connectivity index (χ0) is 10.7. The van der Waals surface area contributed by atoms with E-state index < -0.39 is 0 Å². The molecule has 2 rings (SSSR count). The monoisotopic (exact) mass is 244 g/mol. The fourth-order valence-corrected chi connectivity index (χ4v) is 1.66. The van der Waals surface area contributed by atoms with Gasteiger partial charge in [-0.15, -0.1) is 4.37 Å². The molecule has 0 aliphatic heterocycles. The van der Waals surface area contributed by atoms with Gasteiger partial charge >= 0.3 is 0 Å². The van der Waals surface area contributed by atoms with Gasteiger partial charge in [-0.1, -0.05) is 29.8 Å². The van der Waals surface area contributed by atoms with Crippen LogP contribution in [0, 0.1) is 5.82 Å². The number of nitrogens with zero attached hydrogens (tertiary/aromatic N) is 2. The predicted octanol–water partition coefficient (Wildman–Crippen LogP) is 2.91. The third-order valence-electron chi connectivity index (χ3n) is 1.74. The van der Waals surface area contributed by atoms with Crippen LogP contribution in [0.4, 0.5) is 4.39 Å². The summed E-state index contributed by atoms with van der Waals surface area (Å²) >= 11 is 6.62. The average molecular weight is 245 g/mol. The highest BCUT2D eigenvalue weighted by Crippen LogP contribution is 2.21. The van der Waals surface area contributed by atoms with Gasteiger partial charge in [0.15, 0.2) is 0 Å². The normalized spacial score (nSPS) is 10.3. The molecule has 1 aromatic carbocycles. The Morgan fingerprint density at radius 1 is 1.33 bits per heavy atom. The second-order valence-corrected chi connectivity index (χ2v) is 3.63. The second-order valence-electron chi connectivity index (χ2n) is 2.74. The summed E-state index contributed by atoms with van der Waals surface area (Å²) in [6, 6.07) is 6.38. The molecule has 0 saturated carbocycles. The molecule has 0 atom stereocenters. The molecule has 0 aliphatic carbocycles. The molecule has 0 bridgehead atoms. The maximum atomic E-state index is 13.2.